The van der Waals surface area contributed by atoms with Gasteiger partial charge >= 0.3 is 5.97 Å². The molecular weight excluding hydrogens is 288 g/mol. The molecule has 0 rings (SSSR count). The fourth-order valence-electron chi connectivity index (χ4n) is 2.76. The van der Waals surface area contributed by atoms with Crippen LogP contribution in [0.25, 0.3) is 0 Å². The van der Waals surface area contributed by atoms with Crippen LogP contribution in [0, 0.1) is 0 Å². The zero-order valence-electron chi connectivity index (χ0n) is 15.5. The van der Waals surface area contributed by atoms with Crippen molar-refractivity contribution in [3.8, 4) is 0 Å². The zero-order valence-corrected chi connectivity index (χ0v) is 15.5. The zero-order chi connectivity index (χ0) is 17.0. The van der Waals surface area contributed by atoms with Crippen LogP contribution in [-0.4, -0.2) is 24.3 Å². The highest BCUT2D eigenvalue weighted by molar-refractivity contribution is 5.69. The summed E-state index contributed by atoms with van der Waals surface area (Å²) in [5, 5.41) is 8.66. The average molecular weight is 329 g/mol. The first-order valence-corrected chi connectivity index (χ1v) is 10.1. The second-order valence-corrected chi connectivity index (χ2v) is 6.64. The molecular formula is C20H40O3. The highest BCUT2D eigenvalue weighted by atomic mass is 16.5. The lowest BCUT2D eigenvalue weighted by atomic mass is 10.1. The third-order valence-electron chi connectivity index (χ3n) is 4.30. The number of unbranched alkanes of at least 4 members (excludes halogenated alkanes) is 13. The molecule has 0 aliphatic rings. The number of aliphatic hydroxyl groups is 1. The van der Waals surface area contributed by atoms with E-state index in [-0.39, 0.29) is 12.6 Å². The summed E-state index contributed by atoms with van der Waals surface area (Å²) in [5.41, 5.74) is 0. The van der Waals surface area contributed by atoms with Crippen molar-refractivity contribution in [1.29, 1.82) is 0 Å². The first-order chi connectivity index (χ1) is 11.3. The molecule has 0 unspecified atom stereocenters. The Morgan fingerprint density at radius 2 is 1.17 bits per heavy atom. The largest absolute Gasteiger partial charge is 0.466 e. The summed E-state index contributed by atoms with van der Waals surface area (Å²) in [4.78, 5) is 11.5. The van der Waals surface area contributed by atoms with Gasteiger partial charge in [0, 0.05) is 13.0 Å². The molecule has 0 fully saturated rings. The molecule has 0 saturated carbocycles. The van der Waals surface area contributed by atoms with Crippen molar-refractivity contribution in [2.45, 2.75) is 110 Å². The summed E-state index contributed by atoms with van der Waals surface area (Å²) >= 11 is 0. The molecule has 0 aliphatic heterocycles. The van der Waals surface area contributed by atoms with Crippen molar-refractivity contribution in [2.75, 3.05) is 13.2 Å². The number of esters is 1. The van der Waals surface area contributed by atoms with Crippen molar-refractivity contribution in [2.24, 2.45) is 0 Å². The third kappa shape index (κ3) is 19.4. The maximum atomic E-state index is 11.5. The second kappa shape index (κ2) is 19.5. The van der Waals surface area contributed by atoms with Crippen LogP contribution in [0.2, 0.25) is 0 Å². The summed E-state index contributed by atoms with van der Waals surface area (Å²) in [5.74, 6) is -0.0388. The smallest absolute Gasteiger partial charge is 0.305 e. The van der Waals surface area contributed by atoms with Gasteiger partial charge in [0.05, 0.1) is 6.61 Å². The Morgan fingerprint density at radius 1 is 0.696 bits per heavy atom. The van der Waals surface area contributed by atoms with E-state index >= 15 is 0 Å². The fraction of sp³-hybridized carbons (Fsp3) is 0.950. The van der Waals surface area contributed by atoms with E-state index in [1.807, 2.05) is 0 Å². The van der Waals surface area contributed by atoms with Gasteiger partial charge in [0.15, 0.2) is 0 Å². The Kier molecular flexibility index (Phi) is 19.0. The predicted octanol–water partition coefficient (Wildman–Crippen LogP) is 5.78. The highest BCUT2D eigenvalue weighted by Crippen LogP contribution is 2.12. The number of aliphatic hydroxyl groups excluding tert-OH is 1. The number of hydrogen-bond acceptors (Lipinski definition) is 3. The number of hydrogen-bond donors (Lipinski definition) is 1. The van der Waals surface area contributed by atoms with Gasteiger partial charge in [-0.2, -0.15) is 0 Å². The summed E-state index contributed by atoms with van der Waals surface area (Å²) < 4.78 is 5.21. The van der Waals surface area contributed by atoms with Gasteiger partial charge in [-0.15, -0.1) is 0 Å². The van der Waals surface area contributed by atoms with Crippen molar-refractivity contribution in [3.63, 3.8) is 0 Å². The van der Waals surface area contributed by atoms with E-state index in [4.69, 9.17) is 9.84 Å². The van der Waals surface area contributed by atoms with Crippen LogP contribution < -0.4 is 0 Å². The molecule has 0 radical (unpaired) electrons. The van der Waals surface area contributed by atoms with E-state index in [9.17, 15) is 4.79 Å². The molecule has 0 aromatic carbocycles. The molecule has 3 heteroatoms. The minimum atomic E-state index is -0.0388. The normalized spacial score (nSPS) is 10.9. The first kappa shape index (κ1) is 22.4. The molecule has 1 N–H and O–H groups in total. The Morgan fingerprint density at radius 3 is 1.74 bits per heavy atom. The monoisotopic (exact) mass is 328 g/mol. The first-order valence-electron chi connectivity index (χ1n) is 10.1. The summed E-state index contributed by atoms with van der Waals surface area (Å²) in [6.07, 6.45) is 18.7. The molecule has 0 spiro atoms. The molecule has 0 bridgehead atoms. The maximum Gasteiger partial charge on any atom is 0.305 e. The minimum absolute atomic E-state index is 0.0388. The van der Waals surface area contributed by atoms with Crippen molar-refractivity contribution in [1.82, 2.24) is 0 Å². The van der Waals surface area contributed by atoms with Crippen LogP contribution in [0.3, 0.4) is 0 Å². The molecule has 0 saturated heterocycles. The topological polar surface area (TPSA) is 46.5 Å². The molecule has 0 atom stereocenters. The van der Waals surface area contributed by atoms with Gasteiger partial charge < -0.3 is 9.84 Å². The van der Waals surface area contributed by atoms with E-state index in [1.165, 1.54) is 57.8 Å². The molecule has 0 aliphatic carbocycles. The minimum Gasteiger partial charge on any atom is -0.466 e. The predicted molar refractivity (Wildman–Crippen MR) is 97.6 cm³/mol. The Balaban J connectivity index is 3.11. The van der Waals surface area contributed by atoms with Crippen LogP contribution in [0.1, 0.15) is 110 Å². The Labute approximate surface area is 144 Å². The van der Waals surface area contributed by atoms with E-state index in [0.717, 1.165) is 38.5 Å². The molecule has 3 nitrogen and oxygen atoms in total. The van der Waals surface area contributed by atoms with Gasteiger partial charge in [0.25, 0.3) is 0 Å². The van der Waals surface area contributed by atoms with E-state index < -0.39 is 0 Å². The number of carbonyl (C=O) groups is 1. The third-order valence-corrected chi connectivity index (χ3v) is 4.30. The number of ether oxygens (including phenoxy) is 1. The van der Waals surface area contributed by atoms with Crippen molar-refractivity contribution in [3.05, 3.63) is 0 Å². The highest BCUT2D eigenvalue weighted by Gasteiger charge is 2.02. The van der Waals surface area contributed by atoms with Gasteiger partial charge in [0.1, 0.15) is 0 Å². The summed E-state index contributed by atoms with van der Waals surface area (Å²) in [6, 6.07) is 0. The van der Waals surface area contributed by atoms with Crippen molar-refractivity contribution < 1.29 is 14.6 Å². The standard InChI is InChI=1S/C20H40O3/c1-2-3-4-5-6-7-8-9-10-11-14-17-20(22)23-19-16-13-12-15-18-21/h21H,2-19H2,1H3. The van der Waals surface area contributed by atoms with Gasteiger partial charge in [-0.25, -0.2) is 0 Å². The van der Waals surface area contributed by atoms with Gasteiger partial charge in [0.2, 0.25) is 0 Å². The number of carbonyl (C=O) groups excluding carboxylic acids is 1. The lowest BCUT2D eigenvalue weighted by molar-refractivity contribution is -0.143. The van der Waals surface area contributed by atoms with Crippen molar-refractivity contribution >= 4 is 5.97 Å². The van der Waals surface area contributed by atoms with E-state index in [2.05, 4.69) is 6.92 Å². The summed E-state index contributed by atoms with van der Waals surface area (Å²) in [7, 11) is 0. The molecule has 0 aromatic heterocycles. The molecule has 138 valence electrons. The molecule has 0 aromatic rings. The summed E-state index contributed by atoms with van der Waals surface area (Å²) in [6.45, 7) is 3.07. The fourth-order valence-corrected chi connectivity index (χ4v) is 2.76. The number of rotatable bonds is 18. The Bertz CT molecular complexity index is 241. The average Bonchev–Trinajstić information content (AvgIpc) is 2.56. The Hall–Kier alpha value is -0.570. The van der Waals surface area contributed by atoms with Crippen LogP contribution in [-0.2, 0) is 9.53 Å². The lowest BCUT2D eigenvalue weighted by Gasteiger charge is -2.05. The SMILES string of the molecule is CCCCCCCCCCCCCC(=O)OCCCCCCO. The maximum absolute atomic E-state index is 11.5. The van der Waals surface area contributed by atoms with Gasteiger partial charge in [-0.3, -0.25) is 4.79 Å². The quantitative estimate of drug-likeness (QED) is 0.256. The van der Waals surface area contributed by atoms with Crippen LogP contribution in [0.4, 0.5) is 0 Å². The van der Waals surface area contributed by atoms with Gasteiger partial charge in [-0.1, -0.05) is 77.6 Å². The second-order valence-electron chi connectivity index (χ2n) is 6.64. The molecule has 0 amide bonds. The van der Waals surface area contributed by atoms with Gasteiger partial charge in [-0.05, 0) is 25.7 Å². The van der Waals surface area contributed by atoms with Crippen LogP contribution in [0.5, 0.6) is 0 Å². The van der Waals surface area contributed by atoms with E-state index in [0.29, 0.717) is 13.0 Å². The molecule has 0 heterocycles. The lowest BCUT2D eigenvalue weighted by Crippen LogP contribution is -2.05. The molecule has 23 heavy (non-hydrogen) atoms. The van der Waals surface area contributed by atoms with Crippen LogP contribution in [0.15, 0.2) is 0 Å². The van der Waals surface area contributed by atoms with E-state index in [1.54, 1.807) is 0 Å². The van der Waals surface area contributed by atoms with Crippen LogP contribution >= 0.6 is 0 Å².